The number of carbonyl (C=O) groups is 2. The molecule has 0 radical (unpaired) electrons. The van der Waals surface area contributed by atoms with Gasteiger partial charge >= 0.3 is 5.97 Å². The zero-order valence-electron chi connectivity index (χ0n) is 17.0. The minimum Gasteiger partial charge on any atom is -0.462 e. The number of H-pyrrole nitrogens is 1. The number of ether oxygens (including phenoxy) is 1. The molecule has 2 heterocycles. The van der Waals surface area contributed by atoms with Crippen LogP contribution in [0.5, 0.6) is 0 Å². The fourth-order valence-corrected chi connectivity index (χ4v) is 3.89. The van der Waals surface area contributed by atoms with E-state index in [1.165, 1.54) is 11.8 Å². The molecule has 1 N–H and O–H groups in total. The van der Waals surface area contributed by atoms with E-state index in [0.717, 1.165) is 11.3 Å². The molecule has 1 aromatic carbocycles. The summed E-state index contributed by atoms with van der Waals surface area (Å²) in [4.78, 5) is 28.3. The van der Waals surface area contributed by atoms with Gasteiger partial charge in [-0.3, -0.25) is 4.79 Å². The standard InChI is InChI=1S/C20H23N5O3S/c1-6-28-19(27)16-12(3)17(21-13(16)4)18(26)14(5)29-20-22-23-24-25(20)15-9-7-11(2)8-10-15/h7-10,14,21H,6H2,1-5H3/t14-/m1/s1. The van der Waals surface area contributed by atoms with Crippen molar-refractivity contribution in [2.45, 2.75) is 45.0 Å². The number of nitrogens with zero attached hydrogens (tertiary/aromatic N) is 4. The van der Waals surface area contributed by atoms with Crippen molar-refractivity contribution in [2.75, 3.05) is 6.61 Å². The molecule has 152 valence electrons. The Labute approximate surface area is 173 Å². The van der Waals surface area contributed by atoms with E-state index in [1.54, 1.807) is 32.4 Å². The number of thioether (sulfide) groups is 1. The first-order chi connectivity index (χ1) is 13.8. The number of nitrogens with one attached hydrogen (secondary N) is 1. The van der Waals surface area contributed by atoms with E-state index < -0.39 is 11.2 Å². The molecule has 9 heteroatoms. The predicted molar refractivity (Wildman–Crippen MR) is 110 cm³/mol. The van der Waals surface area contributed by atoms with E-state index in [1.807, 2.05) is 31.2 Å². The summed E-state index contributed by atoms with van der Waals surface area (Å²) in [5, 5.41) is 11.9. The fraction of sp³-hybridized carbons (Fsp3) is 0.350. The molecule has 0 spiro atoms. The lowest BCUT2D eigenvalue weighted by atomic mass is 10.1. The SMILES string of the molecule is CCOC(=O)c1c(C)[nH]c(C(=O)[C@@H](C)Sc2nnnn2-c2ccc(C)cc2)c1C. The van der Waals surface area contributed by atoms with Gasteiger partial charge in [0.05, 0.1) is 28.8 Å². The first-order valence-electron chi connectivity index (χ1n) is 9.26. The minimum atomic E-state index is -0.461. The zero-order chi connectivity index (χ0) is 21.1. The van der Waals surface area contributed by atoms with Crippen molar-refractivity contribution in [3.05, 3.63) is 52.3 Å². The number of tetrazole rings is 1. The van der Waals surface area contributed by atoms with Gasteiger partial charge in [-0.2, -0.15) is 4.68 Å². The van der Waals surface area contributed by atoms with Gasteiger partial charge in [0.15, 0.2) is 5.78 Å². The van der Waals surface area contributed by atoms with Crippen LogP contribution < -0.4 is 0 Å². The Morgan fingerprint density at radius 2 is 1.90 bits per heavy atom. The van der Waals surface area contributed by atoms with Crippen molar-refractivity contribution in [3.63, 3.8) is 0 Å². The number of aromatic amines is 1. The summed E-state index contributed by atoms with van der Waals surface area (Å²) in [6.07, 6.45) is 0. The van der Waals surface area contributed by atoms with Crippen LogP contribution in [-0.4, -0.2) is 48.8 Å². The second-order valence-electron chi connectivity index (χ2n) is 6.68. The number of rotatable bonds is 7. The molecule has 2 aromatic heterocycles. The van der Waals surface area contributed by atoms with Gasteiger partial charge in [0.2, 0.25) is 5.16 Å². The van der Waals surface area contributed by atoms with Crippen LogP contribution in [0, 0.1) is 20.8 Å². The molecule has 0 saturated heterocycles. The molecule has 0 aliphatic carbocycles. The summed E-state index contributed by atoms with van der Waals surface area (Å²) in [6.45, 7) is 9.33. The Morgan fingerprint density at radius 1 is 1.21 bits per heavy atom. The maximum atomic E-state index is 13.0. The summed E-state index contributed by atoms with van der Waals surface area (Å²) in [5.41, 5.74) is 3.98. The lowest BCUT2D eigenvalue weighted by molar-refractivity contribution is 0.0525. The highest BCUT2D eigenvalue weighted by Gasteiger charge is 2.27. The molecule has 3 rings (SSSR count). The van der Waals surface area contributed by atoms with Gasteiger partial charge in [0.25, 0.3) is 0 Å². The molecule has 0 fully saturated rings. The molecular weight excluding hydrogens is 390 g/mol. The van der Waals surface area contributed by atoms with Crippen molar-refractivity contribution < 1.29 is 14.3 Å². The lowest BCUT2D eigenvalue weighted by Crippen LogP contribution is -2.16. The maximum Gasteiger partial charge on any atom is 0.340 e. The Balaban J connectivity index is 1.83. The van der Waals surface area contributed by atoms with E-state index >= 15 is 0 Å². The van der Waals surface area contributed by atoms with E-state index in [4.69, 9.17) is 4.74 Å². The number of aromatic nitrogens is 5. The average Bonchev–Trinajstić information content (AvgIpc) is 3.26. The molecule has 8 nitrogen and oxygen atoms in total. The zero-order valence-corrected chi connectivity index (χ0v) is 17.8. The number of ketones is 1. The topological polar surface area (TPSA) is 103 Å². The molecule has 0 aliphatic rings. The molecule has 3 aromatic rings. The van der Waals surface area contributed by atoms with Gasteiger partial charge in [0, 0.05) is 5.69 Å². The molecule has 0 saturated carbocycles. The first kappa shape index (κ1) is 20.8. The number of carbonyl (C=O) groups excluding carboxylic acids is 2. The third-order valence-electron chi connectivity index (χ3n) is 4.53. The van der Waals surface area contributed by atoms with Crippen molar-refractivity contribution in [3.8, 4) is 5.69 Å². The van der Waals surface area contributed by atoms with Crippen LogP contribution in [0.2, 0.25) is 0 Å². The van der Waals surface area contributed by atoms with Gasteiger partial charge in [-0.1, -0.05) is 29.5 Å². The predicted octanol–water partition coefficient (Wildman–Crippen LogP) is 3.46. The smallest absolute Gasteiger partial charge is 0.340 e. The van der Waals surface area contributed by atoms with Crippen LogP contribution in [0.3, 0.4) is 0 Å². The summed E-state index contributed by atoms with van der Waals surface area (Å²) in [6, 6.07) is 7.79. The number of esters is 1. The molecule has 0 aliphatic heterocycles. The molecule has 1 atom stereocenters. The summed E-state index contributed by atoms with van der Waals surface area (Å²) < 4.78 is 6.70. The minimum absolute atomic E-state index is 0.135. The van der Waals surface area contributed by atoms with Gasteiger partial charge < -0.3 is 9.72 Å². The molecular formula is C20H23N5O3S. The second-order valence-corrected chi connectivity index (χ2v) is 7.99. The molecule has 0 unspecified atom stereocenters. The summed E-state index contributed by atoms with van der Waals surface area (Å²) >= 11 is 1.26. The quantitative estimate of drug-likeness (QED) is 0.359. The van der Waals surface area contributed by atoms with Crippen molar-refractivity contribution in [1.82, 2.24) is 25.2 Å². The Bertz CT molecular complexity index is 1040. The van der Waals surface area contributed by atoms with Gasteiger partial charge in [0.1, 0.15) is 0 Å². The Morgan fingerprint density at radius 3 is 2.55 bits per heavy atom. The molecule has 0 bridgehead atoms. The fourth-order valence-electron chi connectivity index (χ4n) is 3.02. The Kier molecular flexibility index (Phi) is 6.17. The van der Waals surface area contributed by atoms with Crippen LogP contribution in [0.4, 0.5) is 0 Å². The van der Waals surface area contributed by atoms with Crippen molar-refractivity contribution in [1.29, 1.82) is 0 Å². The summed E-state index contributed by atoms with van der Waals surface area (Å²) in [5.74, 6) is -0.564. The summed E-state index contributed by atoms with van der Waals surface area (Å²) in [7, 11) is 0. The lowest BCUT2D eigenvalue weighted by Gasteiger charge is -2.10. The van der Waals surface area contributed by atoms with Crippen molar-refractivity contribution >= 4 is 23.5 Å². The van der Waals surface area contributed by atoms with Gasteiger partial charge in [-0.25, -0.2) is 4.79 Å². The third-order valence-corrected chi connectivity index (χ3v) is 5.57. The second kappa shape index (κ2) is 8.60. The molecule has 0 amide bonds. The normalized spacial score (nSPS) is 12.0. The van der Waals surface area contributed by atoms with Gasteiger partial charge in [-0.05, 0) is 62.7 Å². The number of Topliss-reactive ketones (excluding diaryl/α,β-unsaturated/α-hetero) is 1. The van der Waals surface area contributed by atoms with Crippen LogP contribution in [0.15, 0.2) is 29.4 Å². The highest BCUT2D eigenvalue weighted by atomic mass is 32.2. The van der Waals surface area contributed by atoms with Gasteiger partial charge in [-0.15, -0.1) is 5.10 Å². The molecule has 29 heavy (non-hydrogen) atoms. The largest absolute Gasteiger partial charge is 0.462 e. The Hall–Kier alpha value is -2.94. The van der Waals surface area contributed by atoms with E-state index in [2.05, 4.69) is 20.5 Å². The van der Waals surface area contributed by atoms with E-state index in [0.29, 0.717) is 27.7 Å². The third kappa shape index (κ3) is 4.24. The van der Waals surface area contributed by atoms with Crippen LogP contribution in [0.25, 0.3) is 5.69 Å². The average molecular weight is 414 g/mol. The van der Waals surface area contributed by atoms with Crippen LogP contribution in [0.1, 0.15) is 51.5 Å². The van der Waals surface area contributed by atoms with Crippen LogP contribution in [-0.2, 0) is 4.74 Å². The highest BCUT2D eigenvalue weighted by Crippen LogP contribution is 2.28. The van der Waals surface area contributed by atoms with Crippen molar-refractivity contribution in [2.24, 2.45) is 0 Å². The van der Waals surface area contributed by atoms with Crippen LogP contribution >= 0.6 is 11.8 Å². The van der Waals surface area contributed by atoms with E-state index in [9.17, 15) is 9.59 Å². The number of hydrogen-bond acceptors (Lipinski definition) is 7. The van der Waals surface area contributed by atoms with E-state index in [-0.39, 0.29) is 12.4 Å². The number of hydrogen-bond donors (Lipinski definition) is 1. The monoisotopic (exact) mass is 413 g/mol. The number of benzene rings is 1. The maximum absolute atomic E-state index is 13.0. The first-order valence-corrected chi connectivity index (χ1v) is 10.1. The highest BCUT2D eigenvalue weighted by molar-refractivity contribution is 8.00. The number of aryl methyl sites for hydroxylation is 2.